The summed E-state index contributed by atoms with van der Waals surface area (Å²) >= 11 is 0. The summed E-state index contributed by atoms with van der Waals surface area (Å²) in [6.07, 6.45) is 1.92. The van der Waals surface area contributed by atoms with Crippen molar-refractivity contribution >= 4 is 17.6 Å². The van der Waals surface area contributed by atoms with Gasteiger partial charge in [-0.15, -0.1) is 0 Å². The minimum absolute atomic E-state index is 0.752. The van der Waals surface area contributed by atoms with Gasteiger partial charge in [-0.05, 0) is 50.6 Å². The number of hydrogen-bond acceptors (Lipinski definition) is 3. The monoisotopic (exact) mass is 394 g/mol. The highest BCUT2D eigenvalue weighted by molar-refractivity contribution is 5.84. The van der Waals surface area contributed by atoms with Gasteiger partial charge in [-0.3, -0.25) is 4.68 Å². The number of nitrogens with zero attached hydrogens (tertiary/aromatic N) is 4. The van der Waals surface area contributed by atoms with Gasteiger partial charge in [0, 0.05) is 11.3 Å². The van der Waals surface area contributed by atoms with E-state index in [0.717, 1.165) is 34.9 Å². The lowest BCUT2D eigenvalue weighted by atomic mass is 10.1. The standard InChI is InChI=1S/C26H26N4/c1-20-14-16-23(17-15-20)19-29-22(3)26(21(2)28-29)18-27-30(24-10-6-4-7-11-24)25-12-8-5-9-13-25/h4-18H,19H2,1-3H3/b27-18-. The van der Waals surface area contributed by atoms with Gasteiger partial charge in [0.1, 0.15) is 0 Å². The summed E-state index contributed by atoms with van der Waals surface area (Å²) in [6.45, 7) is 7.00. The highest BCUT2D eigenvalue weighted by Gasteiger charge is 2.12. The van der Waals surface area contributed by atoms with Crippen molar-refractivity contribution in [1.82, 2.24) is 9.78 Å². The Balaban J connectivity index is 1.64. The maximum atomic E-state index is 4.84. The summed E-state index contributed by atoms with van der Waals surface area (Å²) in [7, 11) is 0. The molecule has 0 aliphatic carbocycles. The molecule has 4 aromatic rings. The molecule has 4 heteroatoms. The molecule has 0 spiro atoms. The Kier molecular flexibility index (Phi) is 5.75. The summed E-state index contributed by atoms with van der Waals surface area (Å²) in [5, 5.41) is 11.6. The molecule has 0 radical (unpaired) electrons. The van der Waals surface area contributed by atoms with Crippen molar-refractivity contribution in [3.05, 3.63) is 113 Å². The van der Waals surface area contributed by atoms with E-state index in [0.29, 0.717) is 0 Å². The third kappa shape index (κ3) is 4.33. The molecule has 0 N–H and O–H groups in total. The van der Waals surface area contributed by atoms with Crippen LogP contribution >= 0.6 is 0 Å². The Morgan fingerprint density at radius 2 is 1.37 bits per heavy atom. The molecule has 0 saturated heterocycles. The number of aryl methyl sites for hydroxylation is 2. The molecule has 0 saturated carbocycles. The molecule has 1 heterocycles. The maximum absolute atomic E-state index is 4.84. The van der Waals surface area contributed by atoms with E-state index in [4.69, 9.17) is 10.2 Å². The largest absolute Gasteiger partial charge is 0.265 e. The number of rotatable bonds is 6. The number of para-hydroxylation sites is 2. The normalized spacial score (nSPS) is 11.2. The highest BCUT2D eigenvalue weighted by Crippen LogP contribution is 2.25. The number of hydrogen-bond donors (Lipinski definition) is 0. The molecule has 0 aliphatic rings. The van der Waals surface area contributed by atoms with Crippen LogP contribution in [0.5, 0.6) is 0 Å². The van der Waals surface area contributed by atoms with Gasteiger partial charge in [-0.2, -0.15) is 10.2 Å². The summed E-state index contributed by atoms with van der Waals surface area (Å²) in [6, 6.07) is 29.0. The summed E-state index contributed by atoms with van der Waals surface area (Å²) in [4.78, 5) is 0. The van der Waals surface area contributed by atoms with Crippen LogP contribution in [0.15, 0.2) is 90.0 Å². The molecule has 0 aliphatic heterocycles. The van der Waals surface area contributed by atoms with Crippen LogP contribution in [0.4, 0.5) is 11.4 Å². The predicted octanol–water partition coefficient (Wildman–Crippen LogP) is 6.03. The minimum atomic E-state index is 0.752. The topological polar surface area (TPSA) is 33.4 Å². The van der Waals surface area contributed by atoms with Crippen molar-refractivity contribution in [3.63, 3.8) is 0 Å². The zero-order valence-electron chi connectivity index (χ0n) is 17.7. The molecular weight excluding hydrogens is 368 g/mol. The van der Waals surface area contributed by atoms with Gasteiger partial charge in [-0.25, -0.2) is 5.01 Å². The number of aromatic nitrogens is 2. The summed E-state index contributed by atoms with van der Waals surface area (Å²) < 4.78 is 2.05. The van der Waals surface area contributed by atoms with Crippen LogP contribution in [-0.4, -0.2) is 16.0 Å². The van der Waals surface area contributed by atoms with Gasteiger partial charge in [0.2, 0.25) is 0 Å². The van der Waals surface area contributed by atoms with Crippen LogP contribution in [0.2, 0.25) is 0 Å². The molecule has 30 heavy (non-hydrogen) atoms. The van der Waals surface area contributed by atoms with E-state index in [-0.39, 0.29) is 0 Å². The van der Waals surface area contributed by atoms with Crippen LogP contribution < -0.4 is 5.01 Å². The average molecular weight is 395 g/mol. The molecule has 4 rings (SSSR count). The van der Waals surface area contributed by atoms with Crippen molar-refractivity contribution in [2.75, 3.05) is 5.01 Å². The molecule has 0 bridgehead atoms. The third-order valence-electron chi connectivity index (χ3n) is 5.19. The zero-order chi connectivity index (χ0) is 20.9. The molecule has 3 aromatic carbocycles. The lowest BCUT2D eigenvalue weighted by Gasteiger charge is -2.19. The average Bonchev–Trinajstić information content (AvgIpc) is 3.04. The number of benzene rings is 3. The molecule has 0 atom stereocenters. The first-order valence-electron chi connectivity index (χ1n) is 10.2. The van der Waals surface area contributed by atoms with Crippen molar-refractivity contribution < 1.29 is 0 Å². The molecule has 4 nitrogen and oxygen atoms in total. The first kappa shape index (κ1) is 19.6. The molecule has 0 unspecified atom stereocenters. The smallest absolute Gasteiger partial charge is 0.0685 e. The molecular formula is C26H26N4. The number of anilines is 2. The second kappa shape index (κ2) is 8.78. The van der Waals surface area contributed by atoms with E-state index >= 15 is 0 Å². The molecule has 0 amide bonds. The minimum Gasteiger partial charge on any atom is -0.265 e. The maximum Gasteiger partial charge on any atom is 0.0685 e. The Hall–Kier alpha value is -3.66. The fourth-order valence-electron chi connectivity index (χ4n) is 3.45. The molecule has 1 aromatic heterocycles. The van der Waals surface area contributed by atoms with Crippen LogP contribution in [0.1, 0.15) is 28.1 Å². The quantitative estimate of drug-likeness (QED) is 0.295. The third-order valence-corrected chi connectivity index (χ3v) is 5.19. The van der Waals surface area contributed by atoms with Crippen LogP contribution in [0.25, 0.3) is 0 Å². The fraction of sp³-hybridized carbons (Fsp3) is 0.154. The second-order valence-electron chi connectivity index (χ2n) is 7.46. The Morgan fingerprint density at radius 1 is 0.800 bits per heavy atom. The van der Waals surface area contributed by atoms with Crippen LogP contribution in [0.3, 0.4) is 0 Å². The van der Waals surface area contributed by atoms with E-state index in [2.05, 4.69) is 67.1 Å². The fourth-order valence-corrected chi connectivity index (χ4v) is 3.45. The lowest BCUT2D eigenvalue weighted by Crippen LogP contribution is -2.09. The Bertz CT molecular complexity index is 1090. The van der Waals surface area contributed by atoms with Gasteiger partial charge in [-0.1, -0.05) is 66.2 Å². The van der Waals surface area contributed by atoms with Crippen molar-refractivity contribution in [2.45, 2.75) is 27.3 Å². The van der Waals surface area contributed by atoms with Crippen LogP contribution in [-0.2, 0) is 6.54 Å². The van der Waals surface area contributed by atoms with Gasteiger partial charge in [0.25, 0.3) is 0 Å². The van der Waals surface area contributed by atoms with E-state index in [1.165, 1.54) is 11.1 Å². The second-order valence-corrected chi connectivity index (χ2v) is 7.46. The van der Waals surface area contributed by atoms with E-state index in [1.807, 2.05) is 54.5 Å². The van der Waals surface area contributed by atoms with E-state index in [1.54, 1.807) is 0 Å². The van der Waals surface area contributed by atoms with Gasteiger partial charge in [0.15, 0.2) is 0 Å². The molecule has 150 valence electrons. The number of hydrazone groups is 1. The highest BCUT2D eigenvalue weighted by atomic mass is 15.5. The first-order chi connectivity index (χ1) is 14.6. The van der Waals surface area contributed by atoms with Crippen molar-refractivity contribution in [3.8, 4) is 0 Å². The van der Waals surface area contributed by atoms with E-state index < -0.39 is 0 Å². The van der Waals surface area contributed by atoms with Crippen LogP contribution in [0, 0.1) is 20.8 Å². The van der Waals surface area contributed by atoms with Gasteiger partial charge in [0.05, 0.1) is 29.8 Å². The van der Waals surface area contributed by atoms with Crippen molar-refractivity contribution in [1.29, 1.82) is 0 Å². The molecule has 0 fully saturated rings. The zero-order valence-corrected chi connectivity index (χ0v) is 17.7. The Labute approximate surface area is 178 Å². The SMILES string of the molecule is Cc1ccc(Cn2nc(C)c(/C=N\N(c3ccccc3)c3ccccc3)c2C)cc1. The lowest BCUT2D eigenvalue weighted by molar-refractivity contribution is 0.659. The summed E-state index contributed by atoms with van der Waals surface area (Å²) in [5.41, 5.74) is 7.68. The van der Waals surface area contributed by atoms with E-state index in [9.17, 15) is 0 Å². The van der Waals surface area contributed by atoms with Crippen molar-refractivity contribution in [2.24, 2.45) is 5.10 Å². The van der Waals surface area contributed by atoms with Gasteiger partial charge < -0.3 is 0 Å². The van der Waals surface area contributed by atoms with Gasteiger partial charge >= 0.3 is 0 Å². The first-order valence-corrected chi connectivity index (χ1v) is 10.2. The predicted molar refractivity (Wildman–Crippen MR) is 125 cm³/mol. The summed E-state index contributed by atoms with van der Waals surface area (Å²) in [5.74, 6) is 0. The Morgan fingerprint density at radius 3 is 1.93 bits per heavy atom.